The van der Waals surface area contributed by atoms with E-state index in [1.165, 1.54) is 6.21 Å². The number of nitrogens with zero attached hydrogens (tertiary/aromatic N) is 1. The topological polar surface area (TPSA) is 42.6 Å². The van der Waals surface area contributed by atoms with Gasteiger partial charge >= 0.3 is 5.63 Å². The molecule has 0 atom stereocenters. The van der Waals surface area contributed by atoms with Crippen molar-refractivity contribution in [3.63, 3.8) is 0 Å². The van der Waals surface area contributed by atoms with Crippen LogP contribution in [-0.2, 0) is 0 Å². The van der Waals surface area contributed by atoms with Crippen LogP contribution < -0.4 is 5.63 Å². The monoisotopic (exact) mass is 187 g/mol. The van der Waals surface area contributed by atoms with E-state index < -0.39 is 0 Å². The molecule has 2 aromatic rings. The molecule has 1 aromatic carbocycles. The fourth-order valence-corrected chi connectivity index (χ4v) is 1.31. The van der Waals surface area contributed by atoms with Crippen molar-refractivity contribution in [2.75, 3.05) is 7.05 Å². The third-order valence-electron chi connectivity index (χ3n) is 1.94. The van der Waals surface area contributed by atoms with Crippen LogP contribution in [0, 0.1) is 0 Å². The molecule has 3 heteroatoms. The number of hydrogen-bond donors (Lipinski definition) is 0. The SMILES string of the molecule is C/N=C/c1cc2ccccc2oc1=O. The van der Waals surface area contributed by atoms with Crippen molar-refractivity contribution in [3.05, 3.63) is 46.3 Å². The van der Waals surface area contributed by atoms with Gasteiger partial charge in [0, 0.05) is 18.6 Å². The molecule has 0 amide bonds. The van der Waals surface area contributed by atoms with Crippen LogP contribution in [0.3, 0.4) is 0 Å². The first kappa shape index (κ1) is 8.69. The number of fused-ring (bicyclic) bond motifs is 1. The van der Waals surface area contributed by atoms with Crippen molar-refractivity contribution in [2.45, 2.75) is 0 Å². The minimum absolute atomic E-state index is 0.352. The maximum Gasteiger partial charge on any atom is 0.345 e. The molecule has 0 bridgehead atoms. The molecule has 70 valence electrons. The van der Waals surface area contributed by atoms with Gasteiger partial charge in [-0.1, -0.05) is 18.2 Å². The molecule has 0 radical (unpaired) electrons. The molecule has 0 saturated carbocycles. The lowest BCUT2D eigenvalue weighted by atomic mass is 10.2. The van der Waals surface area contributed by atoms with Crippen molar-refractivity contribution in [2.24, 2.45) is 4.99 Å². The van der Waals surface area contributed by atoms with Crippen LogP contribution in [0.4, 0.5) is 0 Å². The lowest BCUT2D eigenvalue weighted by molar-refractivity contribution is 0.560. The smallest absolute Gasteiger partial charge is 0.345 e. The van der Waals surface area contributed by atoms with E-state index in [1.54, 1.807) is 19.2 Å². The Balaban J connectivity index is 2.77. The van der Waals surface area contributed by atoms with E-state index in [0.717, 1.165) is 5.39 Å². The minimum atomic E-state index is -0.352. The van der Waals surface area contributed by atoms with Crippen LogP contribution in [-0.4, -0.2) is 13.3 Å². The van der Waals surface area contributed by atoms with Crippen molar-refractivity contribution in [1.82, 2.24) is 0 Å². The average molecular weight is 187 g/mol. The molecule has 0 unspecified atom stereocenters. The van der Waals surface area contributed by atoms with Gasteiger partial charge in [-0.2, -0.15) is 0 Å². The van der Waals surface area contributed by atoms with Gasteiger partial charge in [0.2, 0.25) is 0 Å². The summed E-state index contributed by atoms with van der Waals surface area (Å²) in [7, 11) is 1.62. The van der Waals surface area contributed by atoms with Crippen LogP contribution in [0.15, 0.2) is 44.5 Å². The van der Waals surface area contributed by atoms with Gasteiger partial charge in [-0.3, -0.25) is 4.99 Å². The molecule has 0 aliphatic rings. The summed E-state index contributed by atoms with van der Waals surface area (Å²) in [6.07, 6.45) is 1.50. The lowest BCUT2D eigenvalue weighted by Crippen LogP contribution is -2.05. The van der Waals surface area contributed by atoms with Crippen LogP contribution in [0.25, 0.3) is 11.0 Å². The zero-order chi connectivity index (χ0) is 9.97. The summed E-state index contributed by atoms with van der Waals surface area (Å²) in [6.45, 7) is 0. The van der Waals surface area contributed by atoms with Crippen LogP contribution in [0.1, 0.15) is 5.56 Å². The third-order valence-corrected chi connectivity index (χ3v) is 1.94. The van der Waals surface area contributed by atoms with E-state index in [-0.39, 0.29) is 5.63 Å². The molecule has 1 aromatic heterocycles. The first-order valence-corrected chi connectivity index (χ1v) is 4.26. The van der Waals surface area contributed by atoms with Crippen molar-refractivity contribution in [3.8, 4) is 0 Å². The predicted octanol–water partition coefficient (Wildman–Crippen LogP) is 1.84. The van der Waals surface area contributed by atoms with Gasteiger partial charge in [0.1, 0.15) is 5.58 Å². The maximum atomic E-state index is 11.4. The molecule has 0 saturated heterocycles. The Morgan fingerprint density at radius 2 is 2.14 bits per heavy atom. The Hall–Kier alpha value is -1.90. The molecular weight excluding hydrogens is 178 g/mol. The van der Waals surface area contributed by atoms with Crippen molar-refractivity contribution >= 4 is 17.2 Å². The van der Waals surface area contributed by atoms with E-state index in [2.05, 4.69) is 4.99 Å². The third kappa shape index (κ3) is 1.44. The quantitative estimate of drug-likeness (QED) is 0.505. The Kier molecular flexibility index (Phi) is 2.14. The van der Waals surface area contributed by atoms with E-state index in [4.69, 9.17) is 4.42 Å². The molecule has 0 N–H and O–H groups in total. The summed E-state index contributed by atoms with van der Waals surface area (Å²) in [5.41, 5.74) is 0.728. The lowest BCUT2D eigenvalue weighted by Gasteiger charge is -1.96. The van der Waals surface area contributed by atoms with Crippen molar-refractivity contribution in [1.29, 1.82) is 0 Å². The van der Waals surface area contributed by atoms with Crippen LogP contribution in [0.5, 0.6) is 0 Å². The molecule has 0 aliphatic carbocycles. The maximum absolute atomic E-state index is 11.4. The Labute approximate surface area is 80.7 Å². The van der Waals surface area contributed by atoms with Gasteiger partial charge in [0.05, 0.1) is 5.56 Å². The number of aliphatic imine (C=N–C) groups is 1. The zero-order valence-corrected chi connectivity index (χ0v) is 7.73. The zero-order valence-electron chi connectivity index (χ0n) is 7.73. The van der Waals surface area contributed by atoms with Crippen molar-refractivity contribution < 1.29 is 4.42 Å². The first-order valence-electron chi connectivity index (χ1n) is 4.26. The second kappa shape index (κ2) is 3.46. The number of rotatable bonds is 1. The fraction of sp³-hybridized carbons (Fsp3) is 0.0909. The molecule has 2 rings (SSSR count). The predicted molar refractivity (Wildman–Crippen MR) is 56.0 cm³/mol. The van der Waals surface area contributed by atoms with Gasteiger partial charge in [-0.25, -0.2) is 4.79 Å². The second-order valence-corrected chi connectivity index (χ2v) is 2.91. The van der Waals surface area contributed by atoms with E-state index >= 15 is 0 Å². The van der Waals surface area contributed by atoms with Crippen LogP contribution in [0.2, 0.25) is 0 Å². The largest absolute Gasteiger partial charge is 0.422 e. The Morgan fingerprint density at radius 1 is 1.36 bits per heavy atom. The Bertz CT molecular complexity index is 540. The highest BCUT2D eigenvalue weighted by atomic mass is 16.4. The summed E-state index contributed by atoms with van der Waals surface area (Å²) in [5, 5.41) is 0.905. The molecule has 0 spiro atoms. The summed E-state index contributed by atoms with van der Waals surface area (Å²) in [6, 6.07) is 9.16. The highest BCUT2D eigenvalue weighted by Crippen LogP contribution is 2.11. The van der Waals surface area contributed by atoms with Crippen LogP contribution >= 0.6 is 0 Å². The summed E-state index contributed by atoms with van der Waals surface area (Å²) in [4.78, 5) is 15.2. The average Bonchev–Trinajstić information content (AvgIpc) is 2.19. The van der Waals surface area contributed by atoms with Gasteiger partial charge in [-0.15, -0.1) is 0 Å². The molecule has 1 heterocycles. The highest BCUT2D eigenvalue weighted by Gasteiger charge is 2.01. The highest BCUT2D eigenvalue weighted by molar-refractivity contribution is 5.86. The number of hydrogen-bond acceptors (Lipinski definition) is 3. The van der Waals surface area contributed by atoms with Gasteiger partial charge in [-0.05, 0) is 12.1 Å². The van der Waals surface area contributed by atoms with E-state index in [9.17, 15) is 4.79 Å². The molecule has 14 heavy (non-hydrogen) atoms. The second-order valence-electron chi connectivity index (χ2n) is 2.91. The fourth-order valence-electron chi connectivity index (χ4n) is 1.31. The molecule has 0 aliphatic heterocycles. The first-order chi connectivity index (χ1) is 6.81. The van der Waals surface area contributed by atoms with E-state index in [1.807, 2.05) is 18.2 Å². The van der Waals surface area contributed by atoms with E-state index in [0.29, 0.717) is 11.1 Å². The summed E-state index contributed by atoms with van der Waals surface area (Å²) >= 11 is 0. The number of benzene rings is 1. The normalized spacial score (nSPS) is 11.2. The summed E-state index contributed by atoms with van der Waals surface area (Å²) in [5.74, 6) is 0. The standard InChI is InChI=1S/C11H9NO2/c1-12-7-9-6-8-4-2-3-5-10(8)14-11(9)13/h2-7H,1H3/b12-7+. The summed E-state index contributed by atoms with van der Waals surface area (Å²) < 4.78 is 5.10. The van der Waals surface area contributed by atoms with Gasteiger partial charge in [0.25, 0.3) is 0 Å². The molecular formula is C11H9NO2. The number of para-hydroxylation sites is 1. The van der Waals surface area contributed by atoms with Gasteiger partial charge in [0.15, 0.2) is 0 Å². The van der Waals surface area contributed by atoms with Gasteiger partial charge < -0.3 is 4.42 Å². The minimum Gasteiger partial charge on any atom is -0.422 e. The molecule has 3 nitrogen and oxygen atoms in total. The Morgan fingerprint density at radius 3 is 2.93 bits per heavy atom. The molecule has 0 fully saturated rings.